The molecular weight excluding hydrogens is 271 g/mol. The Morgan fingerprint density at radius 3 is 2.62 bits per heavy atom. The molecule has 1 heterocycles. The van der Waals surface area contributed by atoms with Crippen LogP contribution in [0.4, 0.5) is 4.39 Å². The number of carbonyl (C=O) groups is 1. The fourth-order valence-electron chi connectivity index (χ4n) is 2.43. The van der Waals surface area contributed by atoms with E-state index in [9.17, 15) is 9.18 Å². The normalized spacial score (nSPS) is 11.0. The van der Waals surface area contributed by atoms with E-state index in [1.165, 1.54) is 18.2 Å². The Morgan fingerprint density at radius 2 is 1.95 bits per heavy atom. The van der Waals surface area contributed by atoms with Crippen molar-refractivity contribution in [1.29, 1.82) is 0 Å². The van der Waals surface area contributed by atoms with Gasteiger partial charge in [0.05, 0.1) is 22.3 Å². The lowest BCUT2D eigenvalue weighted by atomic mass is 10.2. The van der Waals surface area contributed by atoms with Crippen molar-refractivity contribution in [2.75, 3.05) is 0 Å². The van der Waals surface area contributed by atoms with Crippen molar-refractivity contribution >= 4 is 17.0 Å². The second-order valence-electron chi connectivity index (χ2n) is 4.96. The minimum Gasteiger partial charge on any atom is -0.478 e. The van der Waals surface area contributed by atoms with E-state index < -0.39 is 5.97 Å². The molecule has 0 fully saturated rings. The van der Waals surface area contributed by atoms with Crippen LogP contribution in [0.2, 0.25) is 0 Å². The third kappa shape index (κ3) is 2.16. The van der Waals surface area contributed by atoms with Crippen LogP contribution < -0.4 is 0 Å². The lowest BCUT2D eigenvalue weighted by Crippen LogP contribution is -2.01. The maximum Gasteiger partial charge on any atom is 0.335 e. The molecule has 0 saturated heterocycles. The standard InChI is InChI=1S/C16H13FN2O2/c1-9-3-5-14(12(17)7-9)19-10(2)18-13-8-11(16(20)21)4-6-15(13)19/h3-8H,1-2H3,(H,20,21). The number of carboxylic acid groups (broad SMARTS) is 1. The zero-order chi connectivity index (χ0) is 15.1. The third-order valence-corrected chi connectivity index (χ3v) is 3.41. The first kappa shape index (κ1) is 13.3. The molecule has 21 heavy (non-hydrogen) atoms. The summed E-state index contributed by atoms with van der Waals surface area (Å²) in [5.74, 6) is -0.736. The Morgan fingerprint density at radius 1 is 1.19 bits per heavy atom. The van der Waals surface area contributed by atoms with E-state index in [0.29, 0.717) is 22.5 Å². The maximum atomic E-state index is 14.2. The molecule has 0 unspecified atom stereocenters. The second kappa shape index (κ2) is 4.70. The number of rotatable bonds is 2. The molecule has 0 aliphatic rings. The summed E-state index contributed by atoms with van der Waals surface area (Å²) in [7, 11) is 0. The van der Waals surface area contributed by atoms with Crippen LogP contribution in [0.15, 0.2) is 36.4 Å². The molecule has 2 aromatic carbocycles. The van der Waals surface area contributed by atoms with Crippen LogP contribution in [-0.4, -0.2) is 20.6 Å². The van der Waals surface area contributed by atoms with Crippen molar-refractivity contribution in [3.05, 3.63) is 59.2 Å². The smallest absolute Gasteiger partial charge is 0.335 e. The molecule has 4 nitrogen and oxygen atoms in total. The lowest BCUT2D eigenvalue weighted by molar-refractivity contribution is 0.0697. The van der Waals surface area contributed by atoms with E-state index in [1.54, 1.807) is 23.6 Å². The highest BCUT2D eigenvalue weighted by Gasteiger charge is 2.14. The van der Waals surface area contributed by atoms with Gasteiger partial charge in [-0.2, -0.15) is 0 Å². The van der Waals surface area contributed by atoms with Gasteiger partial charge < -0.3 is 5.11 Å². The largest absolute Gasteiger partial charge is 0.478 e. The highest BCUT2D eigenvalue weighted by molar-refractivity contribution is 5.92. The van der Waals surface area contributed by atoms with Gasteiger partial charge in [-0.1, -0.05) is 6.07 Å². The molecular formula is C16H13FN2O2. The van der Waals surface area contributed by atoms with Gasteiger partial charge in [0.25, 0.3) is 0 Å². The Kier molecular flexibility index (Phi) is 2.97. The van der Waals surface area contributed by atoms with Crippen molar-refractivity contribution in [3.63, 3.8) is 0 Å². The van der Waals surface area contributed by atoms with E-state index in [2.05, 4.69) is 4.98 Å². The van der Waals surface area contributed by atoms with Crippen LogP contribution in [-0.2, 0) is 0 Å². The molecule has 106 valence electrons. The number of aromatic nitrogens is 2. The molecule has 0 bridgehead atoms. The molecule has 1 aromatic heterocycles. The number of carboxylic acids is 1. The number of aromatic carboxylic acids is 1. The molecule has 3 aromatic rings. The van der Waals surface area contributed by atoms with Gasteiger partial charge in [-0.3, -0.25) is 4.57 Å². The number of benzene rings is 2. The summed E-state index contributed by atoms with van der Waals surface area (Å²) in [4.78, 5) is 15.3. The Hall–Kier alpha value is -2.69. The van der Waals surface area contributed by atoms with Crippen LogP contribution in [0.25, 0.3) is 16.7 Å². The summed E-state index contributed by atoms with van der Waals surface area (Å²) in [6, 6.07) is 9.63. The predicted molar refractivity (Wildman–Crippen MR) is 77.5 cm³/mol. The van der Waals surface area contributed by atoms with Crippen molar-refractivity contribution in [3.8, 4) is 5.69 Å². The van der Waals surface area contributed by atoms with Gasteiger partial charge in [-0.25, -0.2) is 14.2 Å². The van der Waals surface area contributed by atoms with Crippen molar-refractivity contribution < 1.29 is 14.3 Å². The first-order chi connectivity index (χ1) is 9.97. The second-order valence-corrected chi connectivity index (χ2v) is 4.96. The quantitative estimate of drug-likeness (QED) is 0.783. The van der Waals surface area contributed by atoms with Crippen LogP contribution in [0.5, 0.6) is 0 Å². The monoisotopic (exact) mass is 284 g/mol. The zero-order valence-electron chi connectivity index (χ0n) is 11.6. The third-order valence-electron chi connectivity index (χ3n) is 3.41. The Balaban J connectivity index is 2.27. The van der Waals surface area contributed by atoms with Gasteiger partial charge in [0.1, 0.15) is 11.6 Å². The number of nitrogens with zero attached hydrogens (tertiary/aromatic N) is 2. The topological polar surface area (TPSA) is 55.1 Å². The average molecular weight is 284 g/mol. The molecule has 0 aliphatic carbocycles. The minimum absolute atomic E-state index is 0.163. The summed E-state index contributed by atoms with van der Waals surface area (Å²) in [5, 5.41) is 9.02. The van der Waals surface area contributed by atoms with Gasteiger partial charge in [0.15, 0.2) is 0 Å². The Labute approximate surface area is 120 Å². The molecule has 0 aliphatic heterocycles. The van der Waals surface area contributed by atoms with E-state index in [0.717, 1.165) is 5.56 Å². The molecule has 0 spiro atoms. The summed E-state index contributed by atoms with van der Waals surface area (Å²) < 4.78 is 15.9. The van der Waals surface area contributed by atoms with Crippen molar-refractivity contribution in [2.45, 2.75) is 13.8 Å². The maximum absolute atomic E-state index is 14.2. The summed E-state index contributed by atoms with van der Waals surface area (Å²) in [6.07, 6.45) is 0. The highest BCUT2D eigenvalue weighted by Crippen LogP contribution is 2.24. The summed E-state index contributed by atoms with van der Waals surface area (Å²) in [5.41, 5.74) is 2.62. The van der Waals surface area contributed by atoms with Crippen LogP contribution in [0, 0.1) is 19.7 Å². The minimum atomic E-state index is -1.01. The molecule has 0 saturated carbocycles. The van der Waals surface area contributed by atoms with E-state index in [-0.39, 0.29) is 11.4 Å². The molecule has 0 atom stereocenters. The summed E-state index contributed by atoms with van der Waals surface area (Å²) >= 11 is 0. The zero-order valence-corrected chi connectivity index (χ0v) is 11.6. The van der Waals surface area contributed by atoms with Crippen LogP contribution >= 0.6 is 0 Å². The fourth-order valence-corrected chi connectivity index (χ4v) is 2.43. The molecule has 5 heteroatoms. The van der Waals surface area contributed by atoms with Crippen LogP contribution in [0.1, 0.15) is 21.7 Å². The number of fused-ring (bicyclic) bond motifs is 1. The highest BCUT2D eigenvalue weighted by atomic mass is 19.1. The summed E-state index contributed by atoms with van der Waals surface area (Å²) in [6.45, 7) is 3.59. The molecule has 0 amide bonds. The Bertz CT molecular complexity index is 868. The van der Waals surface area contributed by atoms with Gasteiger partial charge in [0, 0.05) is 0 Å². The van der Waals surface area contributed by atoms with E-state index in [1.807, 2.05) is 13.0 Å². The lowest BCUT2D eigenvalue weighted by Gasteiger charge is -2.09. The first-order valence-electron chi connectivity index (χ1n) is 6.46. The number of aryl methyl sites for hydroxylation is 2. The average Bonchev–Trinajstić information content (AvgIpc) is 2.74. The van der Waals surface area contributed by atoms with Gasteiger partial charge in [-0.15, -0.1) is 0 Å². The number of imidazole rings is 1. The van der Waals surface area contributed by atoms with E-state index in [4.69, 9.17) is 5.11 Å². The molecule has 1 N–H and O–H groups in total. The van der Waals surface area contributed by atoms with Crippen molar-refractivity contribution in [1.82, 2.24) is 9.55 Å². The van der Waals surface area contributed by atoms with Gasteiger partial charge >= 0.3 is 5.97 Å². The van der Waals surface area contributed by atoms with Gasteiger partial charge in [-0.05, 0) is 49.7 Å². The molecule has 3 rings (SSSR count). The number of halogens is 1. The number of hydrogen-bond donors (Lipinski definition) is 1. The fraction of sp³-hybridized carbons (Fsp3) is 0.125. The van der Waals surface area contributed by atoms with Crippen molar-refractivity contribution in [2.24, 2.45) is 0 Å². The predicted octanol–water partition coefficient (Wildman–Crippen LogP) is 3.48. The molecule has 0 radical (unpaired) electrons. The first-order valence-corrected chi connectivity index (χ1v) is 6.46. The SMILES string of the molecule is Cc1ccc(-n2c(C)nc3cc(C(=O)O)ccc32)c(F)c1. The van der Waals surface area contributed by atoms with E-state index >= 15 is 0 Å². The van der Waals surface area contributed by atoms with Gasteiger partial charge in [0.2, 0.25) is 0 Å². The number of hydrogen-bond acceptors (Lipinski definition) is 2. The van der Waals surface area contributed by atoms with Crippen LogP contribution in [0.3, 0.4) is 0 Å².